The summed E-state index contributed by atoms with van der Waals surface area (Å²) in [5.74, 6) is 0.826. The maximum Gasteiger partial charge on any atom is 0.0350 e. The summed E-state index contributed by atoms with van der Waals surface area (Å²) in [4.78, 5) is 2.39. The molecule has 0 spiro atoms. The van der Waals surface area contributed by atoms with Gasteiger partial charge >= 0.3 is 0 Å². The molecule has 1 fully saturated rings. The molecule has 0 amide bonds. The van der Waals surface area contributed by atoms with Crippen LogP contribution in [0.2, 0.25) is 0 Å². The van der Waals surface area contributed by atoms with Crippen LogP contribution in [0, 0.1) is 26.7 Å². The molecular formula is C17H28N2. The van der Waals surface area contributed by atoms with Gasteiger partial charge in [0.25, 0.3) is 0 Å². The molecule has 0 saturated carbocycles. The van der Waals surface area contributed by atoms with Crippen LogP contribution in [0.4, 0.5) is 0 Å². The molecule has 0 radical (unpaired) electrons. The van der Waals surface area contributed by atoms with Gasteiger partial charge in [0.1, 0.15) is 0 Å². The Hall–Kier alpha value is -0.860. The van der Waals surface area contributed by atoms with Crippen LogP contribution in [0.5, 0.6) is 0 Å². The summed E-state index contributed by atoms with van der Waals surface area (Å²) < 4.78 is 0. The fourth-order valence-electron chi connectivity index (χ4n) is 3.54. The van der Waals surface area contributed by atoms with E-state index in [9.17, 15) is 0 Å². The topological polar surface area (TPSA) is 15.3 Å². The summed E-state index contributed by atoms with van der Waals surface area (Å²) in [5, 5.41) is 3.49. The Morgan fingerprint density at radius 1 is 1.21 bits per heavy atom. The van der Waals surface area contributed by atoms with Gasteiger partial charge in [0.15, 0.2) is 0 Å². The number of aryl methyl sites for hydroxylation is 3. The van der Waals surface area contributed by atoms with E-state index in [1.54, 1.807) is 5.56 Å². The fourth-order valence-corrected chi connectivity index (χ4v) is 3.54. The third-order valence-electron chi connectivity index (χ3n) is 4.41. The Labute approximate surface area is 118 Å². The standard InChI is InChI=1S/C17H28N2/c1-12-8-13(2)17(14(3)9-12)16(19(4)5)10-15-6-7-18-11-15/h8-9,15-16,18H,6-7,10-11H2,1-5H3. The molecule has 1 aliphatic rings. The molecule has 1 aromatic carbocycles. The Bertz CT molecular complexity index is 408. The number of benzene rings is 1. The van der Waals surface area contributed by atoms with Gasteiger partial charge in [0, 0.05) is 6.04 Å². The first-order valence-electron chi connectivity index (χ1n) is 7.44. The SMILES string of the molecule is Cc1cc(C)c(C(CC2CCNC2)N(C)C)c(C)c1. The highest BCUT2D eigenvalue weighted by Crippen LogP contribution is 2.33. The number of nitrogens with zero attached hydrogens (tertiary/aromatic N) is 1. The lowest BCUT2D eigenvalue weighted by molar-refractivity contribution is 0.251. The molecule has 0 aromatic heterocycles. The second-order valence-corrected chi connectivity index (χ2v) is 6.39. The second kappa shape index (κ2) is 6.06. The van der Waals surface area contributed by atoms with Crippen molar-refractivity contribution in [1.29, 1.82) is 0 Å². The first-order valence-corrected chi connectivity index (χ1v) is 7.44. The summed E-state index contributed by atoms with van der Waals surface area (Å²) in [5.41, 5.74) is 5.81. The zero-order valence-corrected chi connectivity index (χ0v) is 13.1. The Balaban J connectivity index is 2.28. The lowest BCUT2D eigenvalue weighted by Gasteiger charge is -2.30. The normalized spacial score (nSPS) is 21.1. The predicted octanol–water partition coefficient (Wildman–Crippen LogP) is 3.21. The minimum Gasteiger partial charge on any atom is -0.316 e. The molecule has 1 saturated heterocycles. The second-order valence-electron chi connectivity index (χ2n) is 6.39. The summed E-state index contributed by atoms with van der Waals surface area (Å²) in [6.07, 6.45) is 2.60. The molecule has 2 atom stereocenters. The lowest BCUT2D eigenvalue weighted by Crippen LogP contribution is -2.25. The van der Waals surface area contributed by atoms with Crippen LogP contribution in [0.15, 0.2) is 12.1 Å². The van der Waals surface area contributed by atoms with E-state index in [0.29, 0.717) is 6.04 Å². The zero-order valence-electron chi connectivity index (χ0n) is 13.1. The number of hydrogen-bond acceptors (Lipinski definition) is 2. The van der Waals surface area contributed by atoms with Gasteiger partial charge in [-0.2, -0.15) is 0 Å². The van der Waals surface area contributed by atoms with Gasteiger partial charge in [-0.15, -0.1) is 0 Å². The van der Waals surface area contributed by atoms with Crippen molar-refractivity contribution in [3.05, 3.63) is 34.4 Å². The van der Waals surface area contributed by atoms with Gasteiger partial charge in [-0.25, -0.2) is 0 Å². The smallest absolute Gasteiger partial charge is 0.0350 e. The van der Waals surface area contributed by atoms with Crippen molar-refractivity contribution >= 4 is 0 Å². The molecule has 2 rings (SSSR count). The summed E-state index contributed by atoms with van der Waals surface area (Å²) in [7, 11) is 4.43. The van der Waals surface area contributed by atoms with Crippen LogP contribution in [-0.2, 0) is 0 Å². The molecule has 0 aliphatic carbocycles. The minimum absolute atomic E-state index is 0.547. The zero-order chi connectivity index (χ0) is 14.0. The van der Waals surface area contributed by atoms with Gasteiger partial charge < -0.3 is 10.2 Å². The third kappa shape index (κ3) is 3.37. The highest BCUT2D eigenvalue weighted by molar-refractivity contribution is 5.39. The molecule has 1 N–H and O–H groups in total. The molecule has 1 aromatic rings. The van der Waals surface area contributed by atoms with Crippen molar-refractivity contribution in [3.63, 3.8) is 0 Å². The van der Waals surface area contributed by atoms with Gasteiger partial charge in [-0.3, -0.25) is 0 Å². The van der Waals surface area contributed by atoms with E-state index >= 15 is 0 Å². The first kappa shape index (κ1) is 14.5. The molecule has 0 bridgehead atoms. The van der Waals surface area contributed by atoms with E-state index in [0.717, 1.165) is 5.92 Å². The fraction of sp³-hybridized carbons (Fsp3) is 0.647. The van der Waals surface area contributed by atoms with E-state index in [-0.39, 0.29) is 0 Å². The van der Waals surface area contributed by atoms with Crippen molar-refractivity contribution in [2.75, 3.05) is 27.2 Å². The monoisotopic (exact) mass is 260 g/mol. The predicted molar refractivity (Wildman–Crippen MR) is 82.7 cm³/mol. The van der Waals surface area contributed by atoms with Gasteiger partial charge in [0.2, 0.25) is 0 Å². The van der Waals surface area contributed by atoms with Crippen LogP contribution in [0.1, 0.15) is 41.1 Å². The molecule has 2 unspecified atom stereocenters. The van der Waals surface area contributed by atoms with Crippen LogP contribution < -0.4 is 5.32 Å². The molecule has 2 heteroatoms. The van der Waals surface area contributed by atoms with Crippen LogP contribution in [0.25, 0.3) is 0 Å². The van der Waals surface area contributed by atoms with Crippen LogP contribution in [-0.4, -0.2) is 32.1 Å². The van der Waals surface area contributed by atoms with Crippen LogP contribution in [0.3, 0.4) is 0 Å². The van der Waals surface area contributed by atoms with Crippen molar-refractivity contribution in [3.8, 4) is 0 Å². The molecular weight excluding hydrogens is 232 g/mol. The highest BCUT2D eigenvalue weighted by atomic mass is 15.1. The average Bonchev–Trinajstić information content (AvgIpc) is 2.78. The first-order chi connectivity index (χ1) is 8.99. The van der Waals surface area contributed by atoms with Gasteiger partial charge in [-0.1, -0.05) is 17.7 Å². The Morgan fingerprint density at radius 2 is 1.84 bits per heavy atom. The lowest BCUT2D eigenvalue weighted by atomic mass is 9.87. The van der Waals surface area contributed by atoms with Crippen molar-refractivity contribution in [2.24, 2.45) is 5.92 Å². The molecule has 1 aliphatic heterocycles. The van der Waals surface area contributed by atoms with E-state index < -0.39 is 0 Å². The molecule has 1 heterocycles. The molecule has 2 nitrogen and oxygen atoms in total. The summed E-state index contributed by atoms with van der Waals surface area (Å²) in [6.45, 7) is 9.10. The van der Waals surface area contributed by atoms with E-state index in [1.807, 2.05) is 0 Å². The van der Waals surface area contributed by atoms with Crippen LogP contribution >= 0.6 is 0 Å². The Kier molecular flexibility index (Phi) is 4.64. The molecule has 106 valence electrons. The van der Waals surface area contributed by atoms with Crippen molar-refractivity contribution in [1.82, 2.24) is 10.2 Å². The number of hydrogen-bond donors (Lipinski definition) is 1. The van der Waals surface area contributed by atoms with E-state index in [2.05, 4.69) is 57.2 Å². The van der Waals surface area contributed by atoms with E-state index in [4.69, 9.17) is 0 Å². The third-order valence-corrected chi connectivity index (χ3v) is 4.41. The maximum atomic E-state index is 3.49. The number of rotatable bonds is 4. The quantitative estimate of drug-likeness (QED) is 0.894. The average molecular weight is 260 g/mol. The summed E-state index contributed by atoms with van der Waals surface area (Å²) in [6, 6.07) is 5.20. The minimum atomic E-state index is 0.547. The maximum absolute atomic E-state index is 3.49. The van der Waals surface area contributed by atoms with Gasteiger partial charge in [-0.05, 0) is 83.4 Å². The summed E-state index contributed by atoms with van der Waals surface area (Å²) >= 11 is 0. The van der Waals surface area contributed by atoms with E-state index in [1.165, 1.54) is 42.6 Å². The highest BCUT2D eigenvalue weighted by Gasteiger charge is 2.24. The van der Waals surface area contributed by atoms with Crippen molar-refractivity contribution in [2.45, 2.75) is 39.7 Å². The Morgan fingerprint density at radius 3 is 2.32 bits per heavy atom. The van der Waals surface area contributed by atoms with Gasteiger partial charge in [0.05, 0.1) is 0 Å². The van der Waals surface area contributed by atoms with Crippen molar-refractivity contribution < 1.29 is 0 Å². The largest absolute Gasteiger partial charge is 0.316 e. The molecule has 19 heavy (non-hydrogen) atoms. The number of nitrogens with one attached hydrogen (secondary N) is 1.